The Hall–Kier alpha value is -2.41. The summed E-state index contributed by atoms with van der Waals surface area (Å²) >= 11 is 0. The Bertz CT molecular complexity index is 616. The molecule has 1 N–H and O–H groups in total. The quantitative estimate of drug-likeness (QED) is 0.833. The molecule has 1 heterocycles. The Morgan fingerprint density at radius 3 is 3.05 bits per heavy atom. The van der Waals surface area contributed by atoms with Crippen molar-refractivity contribution in [3.63, 3.8) is 0 Å². The van der Waals surface area contributed by atoms with Gasteiger partial charge in [0.1, 0.15) is 0 Å². The van der Waals surface area contributed by atoms with Gasteiger partial charge < -0.3 is 5.32 Å². The van der Waals surface area contributed by atoms with Gasteiger partial charge in [0.05, 0.1) is 11.6 Å². The number of hydrogen-bond acceptors (Lipinski definition) is 3. The van der Waals surface area contributed by atoms with Crippen molar-refractivity contribution in [1.29, 1.82) is 5.26 Å². The number of hydrogen-bond donors (Lipinski definition) is 1. The zero-order valence-corrected chi connectivity index (χ0v) is 10.6. The highest BCUT2D eigenvalue weighted by Crippen LogP contribution is 2.13. The van der Waals surface area contributed by atoms with Crippen LogP contribution < -0.4 is 5.32 Å². The van der Waals surface area contributed by atoms with Crippen LogP contribution in [0.5, 0.6) is 0 Å². The van der Waals surface area contributed by atoms with Gasteiger partial charge in [0.2, 0.25) is 0 Å². The van der Waals surface area contributed by atoms with Crippen LogP contribution in [-0.4, -0.2) is 17.4 Å². The lowest BCUT2D eigenvalue weighted by Crippen LogP contribution is -2.24. The lowest BCUT2D eigenvalue weighted by atomic mass is 10.1. The van der Waals surface area contributed by atoms with Crippen molar-refractivity contribution >= 4 is 16.8 Å². The van der Waals surface area contributed by atoms with Crippen LogP contribution in [0.2, 0.25) is 0 Å². The summed E-state index contributed by atoms with van der Waals surface area (Å²) in [5, 5.41) is 12.2. The highest BCUT2D eigenvalue weighted by atomic mass is 16.1. The van der Waals surface area contributed by atoms with Crippen molar-refractivity contribution in [3.05, 3.63) is 42.1 Å². The van der Waals surface area contributed by atoms with Crippen molar-refractivity contribution in [1.82, 2.24) is 10.3 Å². The van der Waals surface area contributed by atoms with Crippen LogP contribution in [0, 0.1) is 11.3 Å². The molecule has 0 fully saturated rings. The molecule has 1 aromatic carbocycles. The van der Waals surface area contributed by atoms with E-state index < -0.39 is 0 Å². The van der Waals surface area contributed by atoms with Crippen LogP contribution in [0.4, 0.5) is 0 Å². The molecular formula is C15H15N3O. The Morgan fingerprint density at radius 1 is 1.32 bits per heavy atom. The summed E-state index contributed by atoms with van der Waals surface area (Å²) in [6.45, 7) is 0.603. The fraction of sp³-hybridized carbons (Fsp3) is 0.267. The van der Waals surface area contributed by atoms with Crippen LogP contribution in [0.15, 0.2) is 36.5 Å². The van der Waals surface area contributed by atoms with Gasteiger partial charge in [-0.15, -0.1) is 0 Å². The first-order valence-corrected chi connectivity index (χ1v) is 6.31. The molecule has 0 aliphatic rings. The van der Waals surface area contributed by atoms with Gasteiger partial charge in [0.15, 0.2) is 0 Å². The van der Waals surface area contributed by atoms with Crippen molar-refractivity contribution in [3.8, 4) is 6.07 Å². The largest absolute Gasteiger partial charge is 0.352 e. The molecule has 0 bridgehead atoms. The molecule has 4 nitrogen and oxygen atoms in total. The minimum Gasteiger partial charge on any atom is -0.352 e. The predicted molar refractivity (Wildman–Crippen MR) is 73.5 cm³/mol. The second kappa shape index (κ2) is 6.50. The highest BCUT2D eigenvalue weighted by Gasteiger charge is 2.05. The smallest absolute Gasteiger partial charge is 0.251 e. The molecule has 19 heavy (non-hydrogen) atoms. The molecule has 2 rings (SSSR count). The maximum Gasteiger partial charge on any atom is 0.251 e. The summed E-state index contributed by atoms with van der Waals surface area (Å²) < 4.78 is 0. The number of benzene rings is 1. The van der Waals surface area contributed by atoms with E-state index in [1.807, 2.05) is 24.3 Å². The zero-order chi connectivity index (χ0) is 13.5. The average molecular weight is 253 g/mol. The molecule has 0 saturated carbocycles. The molecule has 4 heteroatoms. The number of carbonyl (C=O) groups is 1. The molecule has 96 valence electrons. The van der Waals surface area contributed by atoms with E-state index in [2.05, 4.69) is 16.4 Å². The molecule has 0 aliphatic heterocycles. The third-order valence-corrected chi connectivity index (χ3v) is 2.87. The summed E-state index contributed by atoms with van der Waals surface area (Å²) in [4.78, 5) is 16.1. The molecular weight excluding hydrogens is 238 g/mol. The predicted octanol–water partition coefficient (Wildman–Crippen LogP) is 2.66. The second-order valence-corrected chi connectivity index (χ2v) is 4.28. The lowest BCUT2D eigenvalue weighted by Gasteiger charge is -2.05. The Kier molecular flexibility index (Phi) is 4.46. The van der Waals surface area contributed by atoms with Crippen molar-refractivity contribution < 1.29 is 4.79 Å². The van der Waals surface area contributed by atoms with Crippen LogP contribution in [-0.2, 0) is 0 Å². The van der Waals surface area contributed by atoms with Crippen LogP contribution >= 0.6 is 0 Å². The minimum absolute atomic E-state index is 0.0808. The molecule has 0 spiro atoms. The number of rotatable bonds is 5. The summed E-state index contributed by atoms with van der Waals surface area (Å²) in [5.41, 5.74) is 1.52. The van der Waals surface area contributed by atoms with E-state index in [1.165, 1.54) is 0 Å². The van der Waals surface area contributed by atoms with Gasteiger partial charge in [-0.2, -0.15) is 5.26 Å². The first-order chi connectivity index (χ1) is 9.31. The summed E-state index contributed by atoms with van der Waals surface area (Å²) in [5.74, 6) is -0.0808. The van der Waals surface area contributed by atoms with Crippen molar-refractivity contribution in [2.75, 3.05) is 6.54 Å². The number of pyridine rings is 1. The van der Waals surface area contributed by atoms with Gasteiger partial charge in [-0.25, -0.2) is 0 Å². The van der Waals surface area contributed by atoms with Crippen LogP contribution in [0.1, 0.15) is 29.6 Å². The molecule has 0 aliphatic carbocycles. The topological polar surface area (TPSA) is 65.8 Å². The minimum atomic E-state index is -0.0808. The van der Waals surface area contributed by atoms with Gasteiger partial charge >= 0.3 is 0 Å². The molecule has 0 unspecified atom stereocenters. The van der Waals surface area contributed by atoms with Gasteiger partial charge in [-0.3, -0.25) is 9.78 Å². The van der Waals surface area contributed by atoms with E-state index >= 15 is 0 Å². The van der Waals surface area contributed by atoms with Crippen molar-refractivity contribution in [2.24, 2.45) is 0 Å². The average Bonchev–Trinajstić information content (AvgIpc) is 2.46. The normalized spacial score (nSPS) is 10.1. The Morgan fingerprint density at radius 2 is 2.21 bits per heavy atom. The van der Waals surface area contributed by atoms with Gasteiger partial charge in [-0.05, 0) is 37.1 Å². The van der Waals surface area contributed by atoms with Crippen LogP contribution in [0.3, 0.4) is 0 Å². The maximum atomic E-state index is 11.9. The van der Waals surface area contributed by atoms with E-state index in [0.29, 0.717) is 18.5 Å². The first kappa shape index (κ1) is 13.0. The first-order valence-electron chi connectivity index (χ1n) is 6.31. The monoisotopic (exact) mass is 253 g/mol. The number of fused-ring (bicyclic) bond motifs is 1. The molecule has 2 aromatic rings. The number of aromatic nitrogens is 1. The van der Waals surface area contributed by atoms with E-state index in [4.69, 9.17) is 5.26 Å². The summed E-state index contributed by atoms with van der Waals surface area (Å²) in [7, 11) is 0. The van der Waals surface area contributed by atoms with E-state index in [1.54, 1.807) is 12.3 Å². The van der Waals surface area contributed by atoms with E-state index in [-0.39, 0.29) is 5.91 Å². The number of carbonyl (C=O) groups excluding carboxylic acids is 1. The molecule has 0 atom stereocenters. The van der Waals surface area contributed by atoms with Gasteiger partial charge in [-0.1, -0.05) is 6.07 Å². The lowest BCUT2D eigenvalue weighted by molar-refractivity contribution is 0.0953. The third kappa shape index (κ3) is 3.52. The third-order valence-electron chi connectivity index (χ3n) is 2.87. The number of nitrogens with zero attached hydrogens (tertiary/aromatic N) is 2. The van der Waals surface area contributed by atoms with Crippen LogP contribution in [0.25, 0.3) is 10.9 Å². The standard InChI is InChI=1S/C15H15N3O/c16-8-2-1-3-9-18-15(19)13-6-7-14-12(11-13)5-4-10-17-14/h4-7,10-11H,1-3,9H2,(H,18,19). The molecule has 1 aromatic heterocycles. The number of nitriles is 1. The second-order valence-electron chi connectivity index (χ2n) is 4.28. The summed E-state index contributed by atoms with van der Waals surface area (Å²) in [6, 6.07) is 11.3. The van der Waals surface area contributed by atoms with Gasteiger partial charge in [0, 0.05) is 30.1 Å². The number of nitrogens with one attached hydrogen (secondary N) is 1. The molecule has 0 radical (unpaired) electrons. The van der Waals surface area contributed by atoms with Gasteiger partial charge in [0.25, 0.3) is 5.91 Å². The fourth-order valence-corrected chi connectivity index (χ4v) is 1.85. The number of amides is 1. The maximum absolute atomic E-state index is 11.9. The highest BCUT2D eigenvalue weighted by molar-refractivity contribution is 5.97. The van der Waals surface area contributed by atoms with Crippen molar-refractivity contribution in [2.45, 2.75) is 19.3 Å². The zero-order valence-electron chi connectivity index (χ0n) is 10.6. The molecule has 0 saturated heterocycles. The SMILES string of the molecule is N#CCCCCNC(=O)c1ccc2ncccc2c1. The van der Waals surface area contributed by atoms with E-state index in [9.17, 15) is 4.79 Å². The molecule has 1 amide bonds. The van der Waals surface area contributed by atoms with E-state index in [0.717, 1.165) is 23.7 Å². The Balaban J connectivity index is 1.96. The Labute approximate surface area is 112 Å². The number of unbranched alkanes of at least 4 members (excludes halogenated alkanes) is 2. The fourth-order valence-electron chi connectivity index (χ4n) is 1.85. The summed E-state index contributed by atoms with van der Waals surface area (Å²) in [6.07, 6.45) is 3.92.